The van der Waals surface area contributed by atoms with Crippen molar-refractivity contribution in [2.75, 3.05) is 20.1 Å². The van der Waals surface area contributed by atoms with Crippen molar-refractivity contribution < 1.29 is 19.8 Å². The van der Waals surface area contributed by atoms with E-state index >= 15 is 0 Å². The number of carboxylic acid groups (broad SMARTS) is 1. The second-order valence-electron chi connectivity index (χ2n) is 7.02. The molecular weight excluding hydrogens is 370 g/mol. The van der Waals surface area contributed by atoms with Crippen LogP contribution < -0.4 is 5.32 Å². The van der Waals surface area contributed by atoms with Gasteiger partial charge >= 0.3 is 6.03 Å². The minimum atomic E-state index is -0.250. The van der Waals surface area contributed by atoms with Crippen molar-refractivity contribution >= 4 is 12.5 Å². The third-order valence-corrected chi connectivity index (χ3v) is 4.98. The minimum Gasteiger partial charge on any atom is -0.483 e. The van der Waals surface area contributed by atoms with Gasteiger partial charge in [-0.05, 0) is 23.1 Å². The molecule has 2 aromatic carbocycles. The molecule has 1 fully saturated rings. The lowest BCUT2D eigenvalue weighted by atomic mass is 10.1. The first-order chi connectivity index (χ1) is 14.1. The van der Waals surface area contributed by atoms with Gasteiger partial charge in [0, 0.05) is 39.3 Å². The summed E-state index contributed by atoms with van der Waals surface area (Å²) in [6, 6.07) is 18.3. The van der Waals surface area contributed by atoms with Gasteiger partial charge in [-0.2, -0.15) is 0 Å². The van der Waals surface area contributed by atoms with Crippen LogP contribution >= 0.6 is 0 Å². The standard InChI is InChI=1S/C21H27N3O2.CH2O2/c1-23(21(26)22-13-18-8-5-9-19(12-18)16-25)20-10-11-24(15-20)14-17-6-3-2-4-7-17;2-1-3/h2-9,12,20,25H,10-11,13-16H2,1H3,(H,22,26);1H,(H,2,3)/t20-;/m0./s1. The maximum absolute atomic E-state index is 12.5. The van der Waals surface area contributed by atoms with Gasteiger partial charge in [0.2, 0.25) is 0 Å². The first kappa shape index (κ1) is 22.4. The van der Waals surface area contributed by atoms with Gasteiger partial charge in [0.1, 0.15) is 0 Å². The maximum Gasteiger partial charge on any atom is 0.317 e. The van der Waals surface area contributed by atoms with Crippen LogP contribution in [0.15, 0.2) is 54.6 Å². The second-order valence-corrected chi connectivity index (χ2v) is 7.02. The maximum atomic E-state index is 12.5. The van der Waals surface area contributed by atoms with E-state index in [0.29, 0.717) is 6.54 Å². The Bertz CT molecular complexity index is 770. The third-order valence-electron chi connectivity index (χ3n) is 4.98. The number of rotatable bonds is 6. The van der Waals surface area contributed by atoms with E-state index in [9.17, 15) is 9.90 Å². The third kappa shape index (κ3) is 7.21. The topological polar surface area (TPSA) is 93.1 Å². The molecule has 0 aliphatic carbocycles. The SMILES string of the molecule is CN(C(=O)NCc1cccc(CO)c1)[C@H]1CCN(Cc2ccccc2)C1.O=CO. The average Bonchev–Trinajstić information content (AvgIpc) is 3.21. The molecule has 0 bridgehead atoms. The summed E-state index contributed by atoms with van der Waals surface area (Å²) in [4.78, 5) is 25.0. The summed E-state index contributed by atoms with van der Waals surface area (Å²) in [6.45, 7) is 3.08. The minimum absolute atomic E-state index is 0.0149. The average molecular weight is 399 g/mol. The van der Waals surface area contributed by atoms with Crippen molar-refractivity contribution in [1.82, 2.24) is 15.1 Å². The van der Waals surface area contributed by atoms with Crippen LogP contribution in [-0.2, 0) is 24.5 Å². The van der Waals surface area contributed by atoms with E-state index < -0.39 is 0 Å². The fourth-order valence-electron chi connectivity index (χ4n) is 3.42. The van der Waals surface area contributed by atoms with Gasteiger partial charge in [-0.25, -0.2) is 4.79 Å². The second kappa shape index (κ2) is 11.8. The lowest BCUT2D eigenvalue weighted by Gasteiger charge is -2.25. The van der Waals surface area contributed by atoms with E-state index in [1.54, 1.807) is 0 Å². The molecule has 7 heteroatoms. The van der Waals surface area contributed by atoms with Gasteiger partial charge in [0.25, 0.3) is 6.47 Å². The predicted molar refractivity (Wildman–Crippen MR) is 111 cm³/mol. The zero-order valence-corrected chi connectivity index (χ0v) is 16.7. The molecule has 3 rings (SSSR count). The highest BCUT2D eigenvalue weighted by Gasteiger charge is 2.28. The lowest BCUT2D eigenvalue weighted by Crippen LogP contribution is -2.44. The Kier molecular flexibility index (Phi) is 9.14. The predicted octanol–water partition coefficient (Wildman–Crippen LogP) is 2.30. The Morgan fingerprint density at radius 3 is 2.52 bits per heavy atom. The molecule has 0 spiro atoms. The van der Waals surface area contributed by atoms with Crippen LogP contribution in [0.4, 0.5) is 4.79 Å². The van der Waals surface area contributed by atoms with Gasteiger partial charge in [0.05, 0.1) is 6.61 Å². The van der Waals surface area contributed by atoms with Gasteiger partial charge < -0.3 is 20.4 Å². The van der Waals surface area contributed by atoms with Gasteiger partial charge in [-0.3, -0.25) is 9.69 Å². The molecule has 1 atom stereocenters. The zero-order chi connectivity index (χ0) is 21.1. The first-order valence-corrected chi connectivity index (χ1v) is 9.60. The summed E-state index contributed by atoms with van der Waals surface area (Å²) < 4.78 is 0. The smallest absolute Gasteiger partial charge is 0.317 e. The molecule has 2 aromatic rings. The van der Waals surface area contributed by atoms with Crippen LogP contribution in [0, 0.1) is 0 Å². The number of hydrogen-bond donors (Lipinski definition) is 3. The molecular formula is C22H29N3O4. The highest BCUT2D eigenvalue weighted by atomic mass is 16.3. The first-order valence-electron chi connectivity index (χ1n) is 9.60. The number of benzene rings is 2. The quantitative estimate of drug-likeness (QED) is 0.648. The molecule has 0 unspecified atom stereocenters. The molecule has 29 heavy (non-hydrogen) atoms. The number of aliphatic hydroxyl groups excluding tert-OH is 1. The fraction of sp³-hybridized carbons (Fsp3) is 0.364. The zero-order valence-electron chi connectivity index (χ0n) is 16.7. The van der Waals surface area contributed by atoms with Crippen LogP contribution in [0.2, 0.25) is 0 Å². The van der Waals surface area contributed by atoms with E-state index in [4.69, 9.17) is 9.90 Å². The summed E-state index contributed by atoms with van der Waals surface area (Å²) in [5.41, 5.74) is 3.16. The summed E-state index contributed by atoms with van der Waals surface area (Å²) in [7, 11) is 1.87. The number of hydrogen-bond acceptors (Lipinski definition) is 4. The van der Waals surface area contributed by atoms with Gasteiger partial charge in [0.15, 0.2) is 0 Å². The van der Waals surface area contributed by atoms with Crippen molar-refractivity contribution in [1.29, 1.82) is 0 Å². The number of carbonyl (C=O) groups excluding carboxylic acids is 1. The Morgan fingerprint density at radius 2 is 1.83 bits per heavy atom. The number of likely N-dealkylation sites (N-methyl/N-ethyl adjacent to an activating group) is 1. The largest absolute Gasteiger partial charge is 0.483 e. The summed E-state index contributed by atoms with van der Waals surface area (Å²) >= 11 is 0. The highest BCUT2D eigenvalue weighted by Crippen LogP contribution is 2.17. The molecule has 1 heterocycles. The molecule has 1 aliphatic heterocycles. The molecule has 0 aromatic heterocycles. The summed E-state index contributed by atoms with van der Waals surface area (Å²) in [6.07, 6.45) is 0.997. The normalized spacial score (nSPS) is 15.9. The number of carbonyl (C=O) groups is 2. The molecule has 156 valence electrons. The number of nitrogens with zero attached hydrogens (tertiary/aromatic N) is 2. The number of nitrogens with one attached hydrogen (secondary N) is 1. The van der Waals surface area contributed by atoms with Crippen molar-refractivity contribution in [3.05, 3.63) is 71.3 Å². The molecule has 7 nitrogen and oxygen atoms in total. The van der Waals surface area contributed by atoms with Crippen molar-refractivity contribution in [2.24, 2.45) is 0 Å². The molecule has 2 amide bonds. The van der Waals surface area contributed by atoms with Gasteiger partial charge in [-0.1, -0.05) is 54.6 Å². The Hall–Kier alpha value is -2.90. The number of urea groups is 1. The monoisotopic (exact) mass is 399 g/mol. The van der Waals surface area contributed by atoms with E-state index in [0.717, 1.165) is 37.2 Å². The van der Waals surface area contributed by atoms with Crippen LogP contribution in [-0.4, -0.2) is 58.7 Å². The van der Waals surface area contributed by atoms with Gasteiger partial charge in [-0.15, -0.1) is 0 Å². The Labute approximate surface area is 171 Å². The van der Waals surface area contributed by atoms with Crippen LogP contribution in [0.3, 0.4) is 0 Å². The molecule has 3 N–H and O–H groups in total. The number of aliphatic hydroxyl groups is 1. The van der Waals surface area contributed by atoms with Crippen LogP contribution in [0.5, 0.6) is 0 Å². The van der Waals surface area contributed by atoms with E-state index in [-0.39, 0.29) is 25.2 Å². The van der Waals surface area contributed by atoms with Crippen LogP contribution in [0.25, 0.3) is 0 Å². The number of amides is 2. The van der Waals surface area contributed by atoms with E-state index in [1.807, 2.05) is 42.3 Å². The van der Waals surface area contributed by atoms with E-state index in [2.05, 4.69) is 34.5 Å². The van der Waals surface area contributed by atoms with Crippen molar-refractivity contribution in [3.8, 4) is 0 Å². The van der Waals surface area contributed by atoms with Crippen LogP contribution in [0.1, 0.15) is 23.1 Å². The molecule has 0 radical (unpaired) electrons. The van der Waals surface area contributed by atoms with Crippen molar-refractivity contribution in [3.63, 3.8) is 0 Å². The van der Waals surface area contributed by atoms with Crippen molar-refractivity contribution in [2.45, 2.75) is 32.2 Å². The highest BCUT2D eigenvalue weighted by molar-refractivity contribution is 5.74. The molecule has 0 saturated carbocycles. The summed E-state index contributed by atoms with van der Waals surface area (Å²) in [5, 5.41) is 19.1. The lowest BCUT2D eigenvalue weighted by molar-refractivity contribution is -0.122. The molecule has 1 saturated heterocycles. The Balaban J connectivity index is 0.000000941. The summed E-state index contributed by atoms with van der Waals surface area (Å²) in [5.74, 6) is 0. The fourth-order valence-corrected chi connectivity index (χ4v) is 3.42. The number of likely N-dealkylation sites (tertiary alicyclic amines) is 1. The Morgan fingerprint density at radius 1 is 1.17 bits per heavy atom. The molecule has 1 aliphatic rings. The van der Waals surface area contributed by atoms with E-state index in [1.165, 1.54) is 5.56 Å².